The number of rotatable bonds is 4. The molecule has 3 atom stereocenters. The second-order valence-electron chi connectivity index (χ2n) is 7.31. The van der Waals surface area contributed by atoms with E-state index in [9.17, 15) is 4.79 Å². The molecular weight excluding hydrogens is 316 g/mol. The van der Waals surface area contributed by atoms with E-state index < -0.39 is 0 Å². The van der Waals surface area contributed by atoms with Gasteiger partial charge in [0.05, 0.1) is 6.04 Å². The lowest BCUT2D eigenvalue weighted by atomic mass is 10.1. The Morgan fingerprint density at radius 3 is 2.84 bits per heavy atom. The Bertz CT molecular complexity index is 743. The average Bonchev–Trinajstić information content (AvgIpc) is 3.04. The highest BCUT2D eigenvalue weighted by Gasteiger charge is 2.42. The van der Waals surface area contributed by atoms with Gasteiger partial charge in [-0.3, -0.25) is 0 Å². The van der Waals surface area contributed by atoms with Gasteiger partial charge >= 0.3 is 6.03 Å². The minimum atomic E-state index is -0.0785. The van der Waals surface area contributed by atoms with E-state index in [4.69, 9.17) is 4.52 Å². The van der Waals surface area contributed by atoms with Crippen LogP contribution in [0, 0.1) is 0 Å². The van der Waals surface area contributed by atoms with Crippen LogP contribution >= 0.6 is 0 Å². The first-order valence-electron chi connectivity index (χ1n) is 9.09. The normalized spacial score (nSPS) is 25.4. The maximum atomic E-state index is 12.7. The quantitative estimate of drug-likeness (QED) is 0.923. The molecule has 1 aliphatic heterocycles. The van der Waals surface area contributed by atoms with E-state index in [-0.39, 0.29) is 24.0 Å². The SMILES string of the molecule is CC(C)c1nc([C@H]2CCCN2C(=O)N[C@@H]2C[C@H]2c2ccccc2)no1. The molecule has 2 fully saturated rings. The third-order valence-electron chi connectivity index (χ3n) is 5.09. The molecule has 0 spiro atoms. The number of benzene rings is 1. The average molecular weight is 340 g/mol. The summed E-state index contributed by atoms with van der Waals surface area (Å²) in [5.74, 6) is 1.90. The van der Waals surface area contributed by atoms with E-state index in [1.807, 2.05) is 36.9 Å². The summed E-state index contributed by atoms with van der Waals surface area (Å²) in [6.45, 7) is 4.78. The number of nitrogens with zero attached hydrogens (tertiary/aromatic N) is 3. The number of aromatic nitrogens is 2. The molecule has 0 unspecified atom stereocenters. The van der Waals surface area contributed by atoms with E-state index in [0.717, 1.165) is 25.8 Å². The molecular formula is C19H24N4O2. The van der Waals surface area contributed by atoms with E-state index >= 15 is 0 Å². The zero-order chi connectivity index (χ0) is 17.4. The summed E-state index contributed by atoms with van der Waals surface area (Å²) >= 11 is 0. The number of carbonyl (C=O) groups excluding carboxylic acids is 1. The van der Waals surface area contributed by atoms with Crippen molar-refractivity contribution in [2.45, 2.75) is 57.0 Å². The number of urea groups is 1. The molecule has 2 aromatic rings. The Labute approximate surface area is 147 Å². The first-order valence-corrected chi connectivity index (χ1v) is 9.09. The number of likely N-dealkylation sites (tertiary alicyclic amines) is 1. The zero-order valence-corrected chi connectivity index (χ0v) is 14.7. The van der Waals surface area contributed by atoms with Crippen LogP contribution in [0.25, 0.3) is 0 Å². The highest BCUT2D eigenvalue weighted by Crippen LogP contribution is 2.41. The van der Waals surface area contributed by atoms with Crippen molar-refractivity contribution in [1.82, 2.24) is 20.4 Å². The van der Waals surface area contributed by atoms with Crippen LogP contribution in [-0.2, 0) is 0 Å². The number of hydrogen-bond acceptors (Lipinski definition) is 4. The number of hydrogen-bond donors (Lipinski definition) is 1. The van der Waals surface area contributed by atoms with Gasteiger partial charge in [-0.2, -0.15) is 4.98 Å². The monoisotopic (exact) mass is 340 g/mol. The molecule has 1 N–H and O–H groups in total. The summed E-state index contributed by atoms with van der Waals surface area (Å²) in [4.78, 5) is 19.1. The first kappa shape index (κ1) is 16.1. The molecule has 1 aliphatic carbocycles. The molecule has 6 heteroatoms. The maximum Gasteiger partial charge on any atom is 0.318 e. The summed E-state index contributed by atoms with van der Waals surface area (Å²) in [7, 11) is 0. The molecule has 2 heterocycles. The molecule has 25 heavy (non-hydrogen) atoms. The van der Waals surface area contributed by atoms with Gasteiger partial charge in [-0.1, -0.05) is 49.3 Å². The van der Waals surface area contributed by atoms with Gasteiger partial charge in [-0.05, 0) is 24.8 Å². The Balaban J connectivity index is 1.40. The van der Waals surface area contributed by atoms with Gasteiger partial charge in [0.2, 0.25) is 5.89 Å². The van der Waals surface area contributed by atoms with Crippen molar-refractivity contribution < 1.29 is 9.32 Å². The van der Waals surface area contributed by atoms with Crippen molar-refractivity contribution in [1.29, 1.82) is 0 Å². The van der Waals surface area contributed by atoms with E-state index in [0.29, 0.717) is 17.6 Å². The smallest absolute Gasteiger partial charge is 0.318 e. The van der Waals surface area contributed by atoms with E-state index in [1.165, 1.54) is 5.56 Å². The van der Waals surface area contributed by atoms with Crippen molar-refractivity contribution in [3.8, 4) is 0 Å². The first-order chi connectivity index (χ1) is 12.1. The minimum Gasteiger partial charge on any atom is -0.339 e. The van der Waals surface area contributed by atoms with Crippen molar-refractivity contribution in [3.63, 3.8) is 0 Å². The van der Waals surface area contributed by atoms with Crippen LogP contribution in [0.4, 0.5) is 4.79 Å². The van der Waals surface area contributed by atoms with Crippen LogP contribution < -0.4 is 5.32 Å². The predicted molar refractivity (Wildman–Crippen MR) is 93.2 cm³/mol. The third kappa shape index (κ3) is 3.25. The molecule has 1 aromatic carbocycles. The second-order valence-corrected chi connectivity index (χ2v) is 7.31. The lowest BCUT2D eigenvalue weighted by molar-refractivity contribution is 0.189. The molecule has 1 aromatic heterocycles. The zero-order valence-electron chi connectivity index (χ0n) is 14.7. The van der Waals surface area contributed by atoms with Crippen LogP contribution in [0.15, 0.2) is 34.9 Å². The number of carbonyl (C=O) groups is 1. The number of nitrogens with one attached hydrogen (secondary N) is 1. The van der Waals surface area contributed by atoms with Gasteiger partial charge in [0.1, 0.15) is 0 Å². The summed E-state index contributed by atoms with van der Waals surface area (Å²) in [5.41, 5.74) is 1.30. The standard InChI is InChI=1S/C19H24N4O2/c1-12(2)18-21-17(22-25-18)16-9-6-10-23(16)19(24)20-15-11-14(15)13-7-4-3-5-8-13/h3-5,7-8,12,14-16H,6,9-11H2,1-2H3,(H,20,24)/t14-,15+,16+/m0/s1. The molecule has 4 rings (SSSR count). The highest BCUT2D eigenvalue weighted by atomic mass is 16.5. The van der Waals surface area contributed by atoms with Gasteiger partial charge in [-0.25, -0.2) is 4.79 Å². The largest absolute Gasteiger partial charge is 0.339 e. The molecule has 2 amide bonds. The molecule has 1 saturated carbocycles. The summed E-state index contributed by atoms with van der Waals surface area (Å²) in [6.07, 6.45) is 2.86. The Hall–Kier alpha value is -2.37. The summed E-state index contributed by atoms with van der Waals surface area (Å²) < 4.78 is 5.32. The Kier molecular flexibility index (Phi) is 4.19. The minimum absolute atomic E-state index is 0.0122. The molecule has 1 saturated heterocycles. The fourth-order valence-corrected chi connectivity index (χ4v) is 3.56. The third-order valence-corrected chi connectivity index (χ3v) is 5.09. The topological polar surface area (TPSA) is 71.3 Å². The van der Waals surface area contributed by atoms with Crippen LogP contribution in [0.5, 0.6) is 0 Å². The van der Waals surface area contributed by atoms with Gasteiger partial charge in [0.25, 0.3) is 0 Å². The van der Waals surface area contributed by atoms with Crippen molar-refractivity contribution in [2.75, 3.05) is 6.54 Å². The fraction of sp³-hybridized carbons (Fsp3) is 0.526. The van der Waals surface area contributed by atoms with Crippen LogP contribution in [-0.4, -0.2) is 33.7 Å². The number of amides is 2. The Morgan fingerprint density at radius 2 is 2.12 bits per heavy atom. The molecule has 6 nitrogen and oxygen atoms in total. The van der Waals surface area contributed by atoms with Gasteiger partial charge < -0.3 is 14.7 Å². The van der Waals surface area contributed by atoms with Crippen molar-refractivity contribution >= 4 is 6.03 Å². The molecule has 2 aliphatic rings. The van der Waals surface area contributed by atoms with Gasteiger partial charge in [0.15, 0.2) is 5.82 Å². The predicted octanol–water partition coefficient (Wildman–Crippen LogP) is 3.60. The molecule has 0 radical (unpaired) electrons. The fourth-order valence-electron chi connectivity index (χ4n) is 3.56. The van der Waals surface area contributed by atoms with Crippen LogP contribution in [0.2, 0.25) is 0 Å². The van der Waals surface area contributed by atoms with Crippen molar-refractivity contribution in [3.05, 3.63) is 47.6 Å². The maximum absolute atomic E-state index is 12.7. The Morgan fingerprint density at radius 1 is 1.32 bits per heavy atom. The van der Waals surface area contributed by atoms with Crippen LogP contribution in [0.3, 0.4) is 0 Å². The van der Waals surface area contributed by atoms with Crippen molar-refractivity contribution in [2.24, 2.45) is 0 Å². The van der Waals surface area contributed by atoms with Gasteiger partial charge in [-0.15, -0.1) is 0 Å². The summed E-state index contributed by atoms with van der Waals surface area (Å²) in [6, 6.07) is 10.5. The van der Waals surface area contributed by atoms with Crippen LogP contribution in [0.1, 0.15) is 68.3 Å². The van der Waals surface area contributed by atoms with Gasteiger partial charge in [0, 0.05) is 24.4 Å². The van der Waals surface area contributed by atoms with E-state index in [1.54, 1.807) is 0 Å². The molecule has 0 bridgehead atoms. The molecule has 132 valence electrons. The summed E-state index contributed by atoms with van der Waals surface area (Å²) in [5, 5.41) is 7.28. The lowest BCUT2D eigenvalue weighted by Crippen LogP contribution is -2.41. The highest BCUT2D eigenvalue weighted by molar-refractivity contribution is 5.76. The van der Waals surface area contributed by atoms with E-state index in [2.05, 4.69) is 27.6 Å². The lowest BCUT2D eigenvalue weighted by Gasteiger charge is -2.22. The second kappa shape index (κ2) is 6.50.